The van der Waals surface area contributed by atoms with E-state index in [1.165, 1.54) is 6.42 Å². The lowest BCUT2D eigenvalue weighted by atomic mass is 10.1. The fourth-order valence-corrected chi connectivity index (χ4v) is 2.06. The van der Waals surface area contributed by atoms with Crippen LogP contribution in [0.15, 0.2) is 18.2 Å². The van der Waals surface area contributed by atoms with Crippen molar-refractivity contribution in [2.75, 3.05) is 24.2 Å². The third-order valence-corrected chi connectivity index (χ3v) is 2.99. The van der Waals surface area contributed by atoms with Gasteiger partial charge in [0.25, 0.3) is 5.91 Å². The summed E-state index contributed by atoms with van der Waals surface area (Å²) >= 11 is 0. The number of nitrogens with zero attached hydrogens (tertiary/aromatic N) is 1. The van der Waals surface area contributed by atoms with Gasteiger partial charge in [-0.1, -0.05) is 12.5 Å². The van der Waals surface area contributed by atoms with Crippen molar-refractivity contribution in [3.8, 4) is 0 Å². The topological polar surface area (TPSA) is 84.4 Å². The predicted octanol–water partition coefficient (Wildman–Crippen LogP) is 1.18. The highest BCUT2D eigenvalue weighted by atomic mass is 16.1. The molecule has 1 saturated heterocycles. The second-order valence-electron chi connectivity index (χ2n) is 4.29. The van der Waals surface area contributed by atoms with E-state index in [0.717, 1.165) is 25.9 Å². The first kappa shape index (κ1) is 11.7. The molecule has 0 aromatic heterocycles. The van der Waals surface area contributed by atoms with Gasteiger partial charge in [0, 0.05) is 13.1 Å². The Morgan fingerprint density at radius 2 is 1.94 bits per heavy atom. The summed E-state index contributed by atoms with van der Waals surface area (Å²) in [5, 5.41) is 2.08. The Kier molecular flexibility index (Phi) is 3.49. The van der Waals surface area contributed by atoms with Crippen LogP contribution in [0.2, 0.25) is 0 Å². The van der Waals surface area contributed by atoms with Crippen LogP contribution in [-0.4, -0.2) is 24.0 Å². The number of hydrogen-bond donors (Lipinski definition) is 3. The van der Waals surface area contributed by atoms with Crippen LogP contribution >= 0.6 is 0 Å². The molecule has 5 heteroatoms. The summed E-state index contributed by atoms with van der Waals surface area (Å²) < 4.78 is 0. The Bertz CT molecular complexity index is 413. The maximum absolute atomic E-state index is 11.3. The van der Waals surface area contributed by atoms with Crippen molar-refractivity contribution < 1.29 is 4.79 Å². The van der Waals surface area contributed by atoms with Crippen LogP contribution in [0.25, 0.3) is 0 Å². The van der Waals surface area contributed by atoms with Crippen molar-refractivity contribution in [3.05, 3.63) is 23.8 Å². The maximum Gasteiger partial charge on any atom is 0.250 e. The first-order valence-electron chi connectivity index (χ1n) is 5.88. The number of nitrogens with two attached hydrogens (primary N) is 2. The van der Waals surface area contributed by atoms with E-state index < -0.39 is 5.91 Å². The second kappa shape index (κ2) is 5.05. The number of rotatable bonds is 3. The molecule has 5 nitrogen and oxygen atoms in total. The van der Waals surface area contributed by atoms with Gasteiger partial charge in [-0.25, -0.2) is 5.01 Å². The van der Waals surface area contributed by atoms with Crippen molar-refractivity contribution in [1.29, 1.82) is 0 Å². The molecule has 1 aliphatic rings. The number of hydrogen-bond acceptors (Lipinski definition) is 4. The van der Waals surface area contributed by atoms with Crippen molar-refractivity contribution >= 4 is 17.3 Å². The molecule has 1 aromatic rings. The van der Waals surface area contributed by atoms with Gasteiger partial charge < -0.3 is 16.9 Å². The van der Waals surface area contributed by atoms with E-state index in [9.17, 15) is 4.79 Å². The number of hydrazine groups is 1. The summed E-state index contributed by atoms with van der Waals surface area (Å²) in [7, 11) is 0. The molecule has 5 N–H and O–H groups in total. The number of nitrogen functional groups attached to an aromatic ring is 1. The van der Waals surface area contributed by atoms with Gasteiger partial charge in [0.05, 0.1) is 16.9 Å². The van der Waals surface area contributed by atoms with E-state index in [1.807, 2.05) is 0 Å². The van der Waals surface area contributed by atoms with E-state index in [1.54, 1.807) is 18.2 Å². The highest BCUT2D eigenvalue weighted by Gasteiger charge is 2.15. The normalized spacial score (nSPS) is 16.7. The van der Waals surface area contributed by atoms with Crippen LogP contribution in [0.4, 0.5) is 11.4 Å². The Labute approximate surface area is 101 Å². The Balaban J connectivity index is 2.21. The summed E-state index contributed by atoms with van der Waals surface area (Å²) in [6.07, 6.45) is 3.57. The van der Waals surface area contributed by atoms with Crippen LogP contribution in [0.3, 0.4) is 0 Å². The highest BCUT2D eigenvalue weighted by molar-refractivity contribution is 6.01. The lowest BCUT2D eigenvalue weighted by Gasteiger charge is -2.29. The zero-order chi connectivity index (χ0) is 12.3. The average Bonchev–Trinajstić information content (AvgIpc) is 2.33. The minimum Gasteiger partial charge on any atom is -0.397 e. The van der Waals surface area contributed by atoms with Gasteiger partial charge in [0.15, 0.2) is 0 Å². The number of anilines is 2. The molecule has 92 valence electrons. The summed E-state index contributed by atoms with van der Waals surface area (Å²) in [4.78, 5) is 11.3. The van der Waals surface area contributed by atoms with Crippen molar-refractivity contribution in [3.63, 3.8) is 0 Å². The summed E-state index contributed by atoms with van der Waals surface area (Å²) in [6, 6.07) is 5.18. The fraction of sp³-hybridized carbons (Fsp3) is 0.417. The zero-order valence-corrected chi connectivity index (χ0v) is 9.78. The van der Waals surface area contributed by atoms with Gasteiger partial charge in [-0.15, -0.1) is 0 Å². The quantitative estimate of drug-likeness (QED) is 0.686. The van der Waals surface area contributed by atoms with Gasteiger partial charge in [0.2, 0.25) is 0 Å². The van der Waals surface area contributed by atoms with E-state index in [0.29, 0.717) is 16.9 Å². The Morgan fingerprint density at radius 3 is 2.59 bits per heavy atom. The fourth-order valence-electron chi connectivity index (χ4n) is 2.06. The highest BCUT2D eigenvalue weighted by Crippen LogP contribution is 2.24. The third-order valence-electron chi connectivity index (χ3n) is 2.99. The minimum absolute atomic E-state index is 0.440. The van der Waals surface area contributed by atoms with E-state index in [2.05, 4.69) is 10.4 Å². The molecule has 0 atom stereocenters. The number of carbonyl (C=O) groups is 1. The van der Waals surface area contributed by atoms with Crippen molar-refractivity contribution in [2.45, 2.75) is 19.3 Å². The standard InChI is InChI=1S/C12H18N4O/c13-10-6-4-5-9(12(14)17)11(10)15-16-7-2-1-3-8-16/h4-6,15H,1-3,7-8,13H2,(H2,14,17). The van der Waals surface area contributed by atoms with Crippen LogP contribution in [0.5, 0.6) is 0 Å². The second-order valence-corrected chi connectivity index (χ2v) is 4.29. The van der Waals surface area contributed by atoms with E-state index in [-0.39, 0.29) is 0 Å². The lowest BCUT2D eigenvalue weighted by Crippen LogP contribution is -2.36. The molecule has 1 heterocycles. The number of carbonyl (C=O) groups excluding carboxylic acids is 1. The van der Waals surface area contributed by atoms with Crippen LogP contribution in [-0.2, 0) is 0 Å². The van der Waals surface area contributed by atoms with Crippen LogP contribution in [0.1, 0.15) is 29.6 Å². The van der Waals surface area contributed by atoms with Gasteiger partial charge in [-0.2, -0.15) is 0 Å². The number of piperidine rings is 1. The van der Waals surface area contributed by atoms with Crippen LogP contribution < -0.4 is 16.9 Å². The zero-order valence-electron chi connectivity index (χ0n) is 9.78. The molecule has 2 rings (SSSR count). The molecule has 1 amide bonds. The summed E-state index contributed by atoms with van der Waals surface area (Å²) in [5.41, 5.74) is 16.0. The maximum atomic E-state index is 11.3. The Hall–Kier alpha value is -1.75. The molecule has 0 unspecified atom stereocenters. The molecule has 1 aromatic carbocycles. The largest absolute Gasteiger partial charge is 0.397 e. The molecule has 1 fully saturated rings. The van der Waals surface area contributed by atoms with Gasteiger partial charge >= 0.3 is 0 Å². The number of para-hydroxylation sites is 1. The van der Waals surface area contributed by atoms with E-state index >= 15 is 0 Å². The average molecular weight is 234 g/mol. The molecule has 1 aliphatic heterocycles. The number of primary amides is 1. The predicted molar refractivity (Wildman–Crippen MR) is 68.4 cm³/mol. The molecular formula is C12H18N4O. The lowest BCUT2D eigenvalue weighted by molar-refractivity contribution is 0.100. The first-order chi connectivity index (χ1) is 8.18. The number of benzene rings is 1. The number of amides is 1. The van der Waals surface area contributed by atoms with Crippen molar-refractivity contribution in [1.82, 2.24) is 5.01 Å². The number of nitrogens with one attached hydrogen (secondary N) is 1. The smallest absolute Gasteiger partial charge is 0.250 e. The summed E-state index contributed by atoms with van der Waals surface area (Å²) in [5.74, 6) is -0.461. The van der Waals surface area contributed by atoms with Gasteiger partial charge in [-0.05, 0) is 25.0 Å². The molecule has 0 aliphatic carbocycles. The SMILES string of the molecule is NC(=O)c1cccc(N)c1NN1CCCCC1. The minimum atomic E-state index is -0.461. The molecule has 0 saturated carbocycles. The van der Waals surface area contributed by atoms with E-state index in [4.69, 9.17) is 11.5 Å². The molecule has 0 radical (unpaired) electrons. The monoisotopic (exact) mass is 234 g/mol. The first-order valence-corrected chi connectivity index (χ1v) is 5.88. The van der Waals surface area contributed by atoms with Gasteiger partial charge in [0.1, 0.15) is 0 Å². The molecular weight excluding hydrogens is 216 g/mol. The molecule has 17 heavy (non-hydrogen) atoms. The van der Waals surface area contributed by atoms with Crippen molar-refractivity contribution in [2.24, 2.45) is 5.73 Å². The van der Waals surface area contributed by atoms with Crippen LogP contribution in [0, 0.1) is 0 Å². The third kappa shape index (κ3) is 2.68. The Morgan fingerprint density at radius 1 is 1.24 bits per heavy atom. The molecule has 0 spiro atoms. The summed E-state index contributed by atoms with van der Waals surface area (Å²) in [6.45, 7) is 1.93. The molecule has 0 bridgehead atoms. The van der Waals surface area contributed by atoms with Gasteiger partial charge in [-0.3, -0.25) is 4.79 Å².